The molecule has 3 heteroatoms. The molecule has 3 nitrogen and oxygen atoms in total. The van der Waals surface area contributed by atoms with Crippen molar-refractivity contribution >= 4 is 12.1 Å². The van der Waals surface area contributed by atoms with Crippen LogP contribution in [0.5, 0.6) is 0 Å². The first-order valence-electron chi connectivity index (χ1n) is 3.79. The predicted molar refractivity (Wildman–Crippen MR) is 43.4 cm³/mol. The molecule has 64 valence electrons. The Hall–Kier alpha value is -0.700. The second-order valence-corrected chi connectivity index (χ2v) is 2.93. The lowest BCUT2D eigenvalue weighted by atomic mass is 10.1. The Balaban J connectivity index is 3.54. The summed E-state index contributed by atoms with van der Waals surface area (Å²) in [6, 6.07) is -0.224. The number of ketones is 1. The third-order valence-electron chi connectivity index (χ3n) is 1.45. The lowest BCUT2D eigenvalue weighted by Crippen LogP contribution is -2.34. The molecule has 0 aromatic rings. The molecule has 0 fully saturated rings. The molecular formula is C8H15NO2. The summed E-state index contributed by atoms with van der Waals surface area (Å²) in [7, 11) is 0. The summed E-state index contributed by atoms with van der Waals surface area (Å²) in [6.07, 6.45) is 0.785. The summed E-state index contributed by atoms with van der Waals surface area (Å²) < 4.78 is 0. The molecule has 0 unspecified atom stereocenters. The van der Waals surface area contributed by atoms with Crippen molar-refractivity contribution in [3.8, 4) is 0 Å². The van der Waals surface area contributed by atoms with E-state index in [1.54, 1.807) is 6.92 Å². The SMILES string of the molecule is CC(C)C(=O)CN[C@@H](C)C=O. The highest BCUT2D eigenvalue weighted by atomic mass is 16.1. The van der Waals surface area contributed by atoms with Crippen LogP contribution in [0.15, 0.2) is 0 Å². The van der Waals surface area contributed by atoms with Crippen LogP contribution >= 0.6 is 0 Å². The van der Waals surface area contributed by atoms with Crippen LogP contribution in [0.1, 0.15) is 20.8 Å². The topological polar surface area (TPSA) is 46.2 Å². The second-order valence-electron chi connectivity index (χ2n) is 2.93. The quantitative estimate of drug-likeness (QED) is 0.587. The fourth-order valence-electron chi connectivity index (χ4n) is 0.514. The molecule has 0 aromatic heterocycles. The van der Waals surface area contributed by atoms with Crippen molar-refractivity contribution in [2.75, 3.05) is 6.54 Å². The van der Waals surface area contributed by atoms with Crippen molar-refractivity contribution in [3.63, 3.8) is 0 Å². The molecule has 0 rings (SSSR count). The van der Waals surface area contributed by atoms with Gasteiger partial charge in [0.2, 0.25) is 0 Å². The van der Waals surface area contributed by atoms with Gasteiger partial charge in [0.1, 0.15) is 12.1 Å². The second kappa shape index (κ2) is 5.02. The van der Waals surface area contributed by atoms with Crippen molar-refractivity contribution in [1.29, 1.82) is 0 Å². The maximum Gasteiger partial charge on any atom is 0.149 e. The van der Waals surface area contributed by atoms with Gasteiger partial charge in [-0.2, -0.15) is 0 Å². The number of rotatable bonds is 5. The standard InChI is InChI=1S/C8H15NO2/c1-6(2)8(11)4-9-7(3)5-10/h5-7,9H,4H2,1-3H3/t7-/m0/s1. The number of hydrogen-bond acceptors (Lipinski definition) is 3. The average molecular weight is 157 g/mol. The number of Topliss-reactive ketones (excluding diaryl/α,β-unsaturated/α-hetero) is 1. The van der Waals surface area contributed by atoms with Crippen molar-refractivity contribution in [3.05, 3.63) is 0 Å². The zero-order chi connectivity index (χ0) is 8.85. The van der Waals surface area contributed by atoms with Gasteiger partial charge >= 0.3 is 0 Å². The fraction of sp³-hybridized carbons (Fsp3) is 0.750. The van der Waals surface area contributed by atoms with Gasteiger partial charge in [0, 0.05) is 5.92 Å². The zero-order valence-electron chi connectivity index (χ0n) is 7.26. The summed E-state index contributed by atoms with van der Waals surface area (Å²) in [5.74, 6) is 0.181. The Kier molecular flexibility index (Phi) is 4.70. The Labute approximate surface area is 67.2 Å². The van der Waals surface area contributed by atoms with E-state index in [-0.39, 0.29) is 24.3 Å². The van der Waals surface area contributed by atoms with Crippen molar-refractivity contribution in [2.45, 2.75) is 26.8 Å². The number of nitrogens with one attached hydrogen (secondary N) is 1. The van der Waals surface area contributed by atoms with E-state index in [2.05, 4.69) is 5.32 Å². The molecule has 0 radical (unpaired) electrons. The molecule has 0 amide bonds. The lowest BCUT2D eigenvalue weighted by molar-refractivity contribution is -0.121. The molecule has 11 heavy (non-hydrogen) atoms. The van der Waals surface area contributed by atoms with Gasteiger partial charge in [0.05, 0.1) is 12.6 Å². The Bertz CT molecular complexity index is 143. The normalized spacial score (nSPS) is 13.1. The van der Waals surface area contributed by atoms with Crippen LogP contribution in [0.2, 0.25) is 0 Å². The van der Waals surface area contributed by atoms with E-state index in [0.29, 0.717) is 0 Å². The first-order valence-corrected chi connectivity index (χ1v) is 3.79. The van der Waals surface area contributed by atoms with Crippen LogP contribution in [0, 0.1) is 5.92 Å². The minimum atomic E-state index is -0.224. The molecule has 0 aromatic carbocycles. The van der Waals surface area contributed by atoms with Crippen molar-refractivity contribution in [2.24, 2.45) is 5.92 Å². The van der Waals surface area contributed by atoms with Gasteiger partial charge in [-0.1, -0.05) is 13.8 Å². The van der Waals surface area contributed by atoms with E-state index >= 15 is 0 Å². The van der Waals surface area contributed by atoms with E-state index in [1.807, 2.05) is 13.8 Å². The lowest BCUT2D eigenvalue weighted by Gasteiger charge is -2.07. The molecule has 0 aliphatic heterocycles. The summed E-state index contributed by atoms with van der Waals surface area (Å²) in [6.45, 7) is 5.70. The van der Waals surface area contributed by atoms with E-state index in [4.69, 9.17) is 0 Å². The van der Waals surface area contributed by atoms with Gasteiger partial charge < -0.3 is 10.1 Å². The van der Waals surface area contributed by atoms with Crippen LogP contribution in [0.3, 0.4) is 0 Å². The highest BCUT2D eigenvalue weighted by Crippen LogP contribution is 1.92. The maximum atomic E-state index is 11.0. The summed E-state index contributed by atoms with van der Waals surface area (Å²) in [4.78, 5) is 21.1. The molecule has 0 spiro atoms. The monoisotopic (exact) mass is 157 g/mol. The molecule has 0 aliphatic carbocycles. The van der Waals surface area contributed by atoms with Crippen LogP contribution in [0.25, 0.3) is 0 Å². The third kappa shape index (κ3) is 4.67. The third-order valence-corrected chi connectivity index (χ3v) is 1.45. The van der Waals surface area contributed by atoms with E-state index in [0.717, 1.165) is 6.29 Å². The molecule has 0 aliphatic rings. The van der Waals surface area contributed by atoms with Gasteiger partial charge in [0.25, 0.3) is 0 Å². The molecule has 0 bridgehead atoms. The summed E-state index contributed by atoms with van der Waals surface area (Å²) in [5.41, 5.74) is 0. The van der Waals surface area contributed by atoms with Gasteiger partial charge in [-0.3, -0.25) is 4.79 Å². The van der Waals surface area contributed by atoms with Gasteiger partial charge in [-0.15, -0.1) is 0 Å². The van der Waals surface area contributed by atoms with Crippen LogP contribution in [0.4, 0.5) is 0 Å². The largest absolute Gasteiger partial charge is 0.302 e. The highest BCUT2D eigenvalue weighted by molar-refractivity contribution is 5.82. The molecule has 1 N–H and O–H groups in total. The Morgan fingerprint density at radius 2 is 2.00 bits per heavy atom. The van der Waals surface area contributed by atoms with Gasteiger partial charge in [0.15, 0.2) is 0 Å². The van der Waals surface area contributed by atoms with Gasteiger partial charge in [-0.05, 0) is 6.92 Å². The van der Waals surface area contributed by atoms with Crippen LogP contribution < -0.4 is 5.32 Å². The Morgan fingerprint density at radius 3 is 2.36 bits per heavy atom. The molecular weight excluding hydrogens is 142 g/mol. The number of hydrogen-bond donors (Lipinski definition) is 1. The van der Waals surface area contributed by atoms with Crippen LogP contribution in [-0.4, -0.2) is 24.7 Å². The van der Waals surface area contributed by atoms with E-state index in [9.17, 15) is 9.59 Å². The first kappa shape index (κ1) is 10.3. The summed E-state index contributed by atoms with van der Waals surface area (Å²) in [5, 5.41) is 2.80. The molecule has 0 heterocycles. The number of carbonyl (C=O) groups is 2. The van der Waals surface area contributed by atoms with Crippen molar-refractivity contribution < 1.29 is 9.59 Å². The zero-order valence-corrected chi connectivity index (χ0v) is 7.26. The first-order chi connectivity index (χ1) is 5.07. The number of aldehydes is 1. The minimum Gasteiger partial charge on any atom is -0.302 e. The van der Waals surface area contributed by atoms with Crippen LogP contribution in [-0.2, 0) is 9.59 Å². The maximum absolute atomic E-state index is 11.0. The van der Waals surface area contributed by atoms with E-state index < -0.39 is 0 Å². The molecule has 1 atom stereocenters. The predicted octanol–water partition coefficient (Wildman–Crippen LogP) is 0.388. The molecule has 0 saturated carbocycles. The smallest absolute Gasteiger partial charge is 0.149 e. The van der Waals surface area contributed by atoms with Gasteiger partial charge in [-0.25, -0.2) is 0 Å². The Morgan fingerprint density at radius 1 is 1.45 bits per heavy atom. The minimum absolute atomic E-state index is 0.0429. The molecule has 0 saturated heterocycles. The van der Waals surface area contributed by atoms with E-state index in [1.165, 1.54) is 0 Å². The fourth-order valence-corrected chi connectivity index (χ4v) is 0.514. The van der Waals surface area contributed by atoms with Crippen molar-refractivity contribution in [1.82, 2.24) is 5.32 Å². The highest BCUT2D eigenvalue weighted by Gasteiger charge is 2.07. The number of carbonyl (C=O) groups excluding carboxylic acids is 2. The average Bonchev–Trinajstić information content (AvgIpc) is 1.99. The summed E-state index contributed by atoms with van der Waals surface area (Å²) >= 11 is 0.